The summed E-state index contributed by atoms with van der Waals surface area (Å²) in [6.45, 7) is 7.51. The minimum atomic E-state index is -3.45. The number of benzene rings is 1. The Morgan fingerprint density at radius 2 is 1.62 bits per heavy atom. The molecule has 1 aromatic heterocycles. The number of aryl methyl sites for hydroxylation is 2. The second-order valence-corrected chi connectivity index (χ2v) is 8.48. The monoisotopic (exact) mass is 347 g/mol. The lowest BCUT2D eigenvalue weighted by atomic mass is 10.1. The molecule has 5 nitrogen and oxygen atoms in total. The predicted molar refractivity (Wildman–Crippen MR) is 94.6 cm³/mol. The van der Waals surface area contributed by atoms with Crippen molar-refractivity contribution in [3.63, 3.8) is 0 Å². The maximum absolute atomic E-state index is 13.0. The van der Waals surface area contributed by atoms with Gasteiger partial charge in [-0.25, -0.2) is 8.42 Å². The van der Waals surface area contributed by atoms with E-state index in [0.717, 1.165) is 30.5 Å². The molecule has 2 aromatic rings. The molecular formula is C18H25N3O2S. The zero-order valence-electron chi connectivity index (χ0n) is 14.6. The van der Waals surface area contributed by atoms with Gasteiger partial charge in [-0.15, -0.1) is 0 Å². The SMILES string of the molecule is Cc1ccc(Cn2nc(C)c(S(=O)(=O)N3CCCCC3)c2C)cc1. The first-order valence-electron chi connectivity index (χ1n) is 8.49. The van der Waals surface area contributed by atoms with Crippen LogP contribution >= 0.6 is 0 Å². The molecule has 3 rings (SSSR count). The van der Waals surface area contributed by atoms with E-state index in [9.17, 15) is 8.42 Å². The molecule has 2 heterocycles. The lowest BCUT2D eigenvalue weighted by Crippen LogP contribution is -2.36. The Morgan fingerprint density at radius 3 is 2.25 bits per heavy atom. The number of rotatable bonds is 4. The van der Waals surface area contributed by atoms with Crippen LogP contribution < -0.4 is 0 Å². The van der Waals surface area contributed by atoms with Crippen molar-refractivity contribution in [2.75, 3.05) is 13.1 Å². The Bertz CT molecular complexity index is 817. The van der Waals surface area contributed by atoms with Crippen LogP contribution in [0.3, 0.4) is 0 Å². The highest BCUT2D eigenvalue weighted by atomic mass is 32.2. The quantitative estimate of drug-likeness (QED) is 0.854. The Balaban J connectivity index is 1.92. The highest BCUT2D eigenvalue weighted by Crippen LogP contribution is 2.26. The molecule has 1 saturated heterocycles. The van der Waals surface area contributed by atoms with Crippen molar-refractivity contribution in [1.82, 2.24) is 14.1 Å². The molecule has 0 spiro atoms. The van der Waals surface area contributed by atoms with E-state index in [-0.39, 0.29) is 0 Å². The van der Waals surface area contributed by atoms with Crippen LogP contribution in [0, 0.1) is 20.8 Å². The maximum atomic E-state index is 13.0. The molecule has 0 saturated carbocycles. The topological polar surface area (TPSA) is 55.2 Å². The molecule has 0 bridgehead atoms. The third-order valence-corrected chi connectivity index (χ3v) is 6.83. The average molecular weight is 347 g/mol. The zero-order chi connectivity index (χ0) is 17.3. The van der Waals surface area contributed by atoms with E-state index >= 15 is 0 Å². The van der Waals surface area contributed by atoms with Gasteiger partial charge in [0.2, 0.25) is 10.0 Å². The lowest BCUT2D eigenvalue weighted by molar-refractivity contribution is 0.346. The van der Waals surface area contributed by atoms with Crippen LogP contribution in [0.15, 0.2) is 29.2 Å². The Kier molecular flexibility index (Phi) is 4.78. The number of hydrogen-bond donors (Lipinski definition) is 0. The molecule has 0 aliphatic carbocycles. The standard InChI is InChI=1S/C18H25N3O2S/c1-14-7-9-17(10-8-14)13-21-16(3)18(15(2)19-21)24(22,23)20-11-5-4-6-12-20/h7-10H,4-6,11-13H2,1-3H3. The van der Waals surface area contributed by atoms with Gasteiger partial charge in [0.1, 0.15) is 4.90 Å². The summed E-state index contributed by atoms with van der Waals surface area (Å²) in [4.78, 5) is 0.386. The molecule has 24 heavy (non-hydrogen) atoms. The van der Waals surface area contributed by atoms with Crippen molar-refractivity contribution in [1.29, 1.82) is 0 Å². The first kappa shape index (κ1) is 17.2. The van der Waals surface area contributed by atoms with Crippen LogP contribution in [0.5, 0.6) is 0 Å². The first-order chi connectivity index (χ1) is 11.4. The van der Waals surface area contributed by atoms with Crippen molar-refractivity contribution in [2.24, 2.45) is 0 Å². The summed E-state index contributed by atoms with van der Waals surface area (Å²) in [6.07, 6.45) is 2.99. The van der Waals surface area contributed by atoms with Crippen molar-refractivity contribution < 1.29 is 8.42 Å². The molecule has 0 radical (unpaired) electrons. The second-order valence-electron chi connectivity index (χ2n) is 6.61. The average Bonchev–Trinajstić information content (AvgIpc) is 2.85. The summed E-state index contributed by atoms with van der Waals surface area (Å²) >= 11 is 0. The van der Waals surface area contributed by atoms with Gasteiger partial charge in [-0.1, -0.05) is 36.2 Å². The molecule has 0 amide bonds. The summed E-state index contributed by atoms with van der Waals surface area (Å²) in [5.74, 6) is 0. The zero-order valence-corrected chi connectivity index (χ0v) is 15.4. The number of hydrogen-bond acceptors (Lipinski definition) is 3. The van der Waals surface area contributed by atoms with E-state index in [1.165, 1.54) is 5.56 Å². The third-order valence-electron chi connectivity index (χ3n) is 4.68. The molecule has 0 N–H and O–H groups in total. The van der Waals surface area contributed by atoms with Gasteiger partial charge in [0.25, 0.3) is 0 Å². The van der Waals surface area contributed by atoms with E-state index in [0.29, 0.717) is 30.2 Å². The fraction of sp³-hybridized carbons (Fsp3) is 0.500. The minimum Gasteiger partial charge on any atom is -0.264 e. The summed E-state index contributed by atoms with van der Waals surface area (Å²) in [5.41, 5.74) is 3.64. The number of sulfonamides is 1. The molecular weight excluding hydrogens is 322 g/mol. The van der Waals surface area contributed by atoms with Crippen LogP contribution in [0.1, 0.15) is 41.8 Å². The van der Waals surface area contributed by atoms with E-state index in [4.69, 9.17) is 0 Å². The van der Waals surface area contributed by atoms with Crippen molar-refractivity contribution in [3.8, 4) is 0 Å². The predicted octanol–water partition coefficient (Wildman–Crippen LogP) is 3.03. The van der Waals surface area contributed by atoms with E-state index in [2.05, 4.69) is 36.3 Å². The van der Waals surface area contributed by atoms with Crippen LogP contribution in [0.25, 0.3) is 0 Å². The Hall–Kier alpha value is -1.66. The number of nitrogens with zero attached hydrogens (tertiary/aromatic N) is 3. The van der Waals surface area contributed by atoms with E-state index in [1.54, 1.807) is 15.9 Å². The Morgan fingerprint density at radius 1 is 1.00 bits per heavy atom. The Labute approximate surface area is 144 Å². The van der Waals surface area contributed by atoms with Crippen molar-refractivity contribution in [3.05, 3.63) is 46.8 Å². The first-order valence-corrected chi connectivity index (χ1v) is 9.93. The van der Waals surface area contributed by atoms with E-state index in [1.807, 2.05) is 6.92 Å². The fourth-order valence-electron chi connectivity index (χ4n) is 3.31. The summed E-state index contributed by atoms with van der Waals surface area (Å²) < 4.78 is 29.4. The smallest absolute Gasteiger partial charge is 0.246 e. The van der Waals surface area contributed by atoms with Crippen LogP contribution in [-0.2, 0) is 16.6 Å². The summed E-state index contributed by atoms with van der Waals surface area (Å²) in [7, 11) is -3.45. The minimum absolute atomic E-state index is 0.386. The fourth-order valence-corrected chi connectivity index (χ4v) is 5.20. The highest BCUT2D eigenvalue weighted by Gasteiger charge is 2.31. The molecule has 0 unspecified atom stereocenters. The molecule has 1 fully saturated rings. The van der Waals surface area contributed by atoms with Crippen molar-refractivity contribution in [2.45, 2.75) is 51.5 Å². The third kappa shape index (κ3) is 3.26. The lowest BCUT2D eigenvalue weighted by Gasteiger charge is -2.26. The summed E-state index contributed by atoms with van der Waals surface area (Å²) in [5, 5.41) is 4.50. The van der Waals surface area contributed by atoms with Gasteiger partial charge in [0.05, 0.1) is 17.9 Å². The highest BCUT2D eigenvalue weighted by molar-refractivity contribution is 7.89. The normalized spacial score (nSPS) is 16.5. The maximum Gasteiger partial charge on any atom is 0.246 e. The molecule has 1 aliphatic rings. The molecule has 0 atom stereocenters. The van der Waals surface area contributed by atoms with E-state index < -0.39 is 10.0 Å². The molecule has 1 aromatic carbocycles. The van der Waals surface area contributed by atoms with Gasteiger partial charge in [0.15, 0.2) is 0 Å². The second kappa shape index (κ2) is 6.69. The largest absolute Gasteiger partial charge is 0.264 e. The molecule has 130 valence electrons. The number of piperidine rings is 1. The van der Waals surface area contributed by atoms with Crippen LogP contribution in [0.4, 0.5) is 0 Å². The van der Waals surface area contributed by atoms with Gasteiger partial charge in [0, 0.05) is 13.1 Å². The van der Waals surface area contributed by atoms with Gasteiger partial charge >= 0.3 is 0 Å². The van der Waals surface area contributed by atoms with Crippen LogP contribution in [0.2, 0.25) is 0 Å². The molecule has 6 heteroatoms. The van der Waals surface area contributed by atoms with Gasteiger partial charge in [-0.2, -0.15) is 9.40 Å². The number of aromatic nitrogens is 2. The van der Waals surface area contributed by atoms with Gasteiger partial charge < -0.3 is 0 Å². The molecule has 1 aliphatic heterocycles. The summed E-state index contributed by atoms with van der Waals surface area (Å²) in [6, 6.07) is 8.24. The van der Waals surface area contributed by atoms with Gasteiger partial charge in [-0.3, -0.25) is 4.68 Å². The van der Waals surface area contributed by atoms with Crippen LogP contribution in [-0.4, -0.2) is 35.6 Å². The van der Waals surface area contributed by atoms with Crippen molar-refractivity contribution >= 4 is 10.0 Å². The van der Waals surface area contributed by atoms with Gasteiger partial charge in [-0.05, 0) is 39.2 Å².